The summed E-state index contributed by atoms with van der Waals surface area (Å²) in [4.78, 5) is 35.5. The quantitative estimate of drug-likeness (QED) is 0.312. The van der Waals surface area contributed by atoms with Crippen molar-refractivity contribution in [3.05, 3.63) is 42.2 Å². The van der Waals surface area contributed by atoms with E-state index in [0.29, 0.717) is 43.6 Å². The van der Waals surface area contributed by atoms with E-state index in [1.807, 2.05) is 24.4 Å². The number of anilines is 2. The lowest BCUT2D eigenvalue weighted by Gasteiger charge is -2.40. The summed E-state index contributed by atoms with van der Waals surface area (Å²) in [5.74, 6) is 0.658. The lowest BCUT2D eigenvalue weighted by atomic mass is 9.92. The Balaban J connectivity index is 1.05. The summed E-state index contributed by atoms with van der Waals surface area (Å²) in [5.41, 5.74) is 4.70. The maximum atomic E-state index is 13.2. The van der Waals surface area contributed by atoms with Gasteiger partial charge in [-0.05, 0) is 62.8 Å². The maximum Gasteiger partial charge on any atom is 0.409 e. The van der Waals surface area contributed by atoms with Crippen molar-refractivity contribution in [1.29, 1.82) is 5.26 Å². The van der Waals surface area contributed by atoms with E-state index in [1.54, 1.807) is 37.9 Å². The van der Waals surface area contributed by atoms with Crippen LogP contribution in [0.5, 0.6) is 0 Å². The second kappa shape index (κ2) is 12.7. The summed E-state index contributed by atoms with van der Waals surface area (Å²) in [7, 11) is 1.38. The Morgan fingerprint density at radius 1 is 1.04 bits per heavy atom. The van der Waals surface area contributed by atoms with Crippen molar-refractivity contribution in [1.82, 2.24) is 39.9 Å². The number of hydrogen-bond acceptors (Lipinski definition) is 11. The van der Waals surface area contributed by atoms with Crippen LogP contribution in [0.15, 0.2) is 36.7 Å². The van der Waals surface area contributed by atoms with Crippen molar-refractivity contribution >= 4 is 39.8 Å². The molecule has 15 heteroatoms. The first-order valence-corrected chi connectivity index (χ1v) is 16.7. The number of carbonyl (C=O) groups excluding carboxylic acids is 2. The molecule has 3 atom stereocenters. The normalized spacial score (nSPS) is 20.8. The van der Waals surface area contributed by atoms with Crippen LogP contribution in [0.3, 0.4) is 0 Å². The summed E-state index contributed by atoms with van der Waals surface area (Å²) in [5, 5.41) is 31.5. The highest BCUT2D eigenvalue weighted by Gasteiger charge is 2.44. The first-order valence-electron chi connectivity index (χ1n) is 15.9. The molecule has 0 aromatic carbocycles. The van der Waals surface area contributed by atoms with Gasteiger partial charge >= 0.3 is 12.1 Å². The number of fused-ring (bicyclic) bond motifs is 3. The van der Waals surface area contributed by atoms with Crippen molar-refractivity contribution in [3.8, 4) is 28.0 Å². The maximum absolute atomic E-state index is 13.2. The van der Waals surface area contributed by atoms with Gasteiger partial charge in [-0.1, -0.05) is 11.3 Å². The molecule has 1 saturated carbocycles. The van der Waals surface area contributed by atoms with Crippen molar-refractivity contribution in [3.63, 3.8) is 0 Å². The van der Waals surface area contributed by atoms with Gasteiger partial charge in [-0.15, -0.1) is 10.2 Å². The molecule has 47 heavy (non-hydrogen) atoms. The zero-order valence-corrected chi connectivity index (χ0v) is 27.4. The van der Waals surface area contributed by atoms with Gasteiger partial charge in [-0.2, -0.15) is 10.4 Å². The highest BCUT2D eigenvalue weighted by atomic mass is 32.1. The molecular formula is C32H37N11O3S. The van der Waals surface area contributed by atoms with E-state index in [-0.39, 0.29) is 24.2 Å². The van der Waals surface area contributed by atoms with Crippen molar-refractivity contribution in [2.24, 2.45) is 11.8 Å². The third-order valence-corrected chi connectivity index (χ3v) is 10.3. The fourth-order valence-electron chi connectivity index (χ4n) is 6.97. The monoisotopic (exact) mass is 655 g/mol. The van der Waals surface area contributed by atoms with Gasteiger partial charge in [0.05, 0.1) is 41.3 Å². The molecule has 2 N–H and O–H groups in total. The topological polar surface area (TPSA) is 157 Å². The standard InChI is InChI=1S/C32H37N11O3S/c1-19(2)36-25-13-26(27-7-6-23-12-20(14-33)15-35-43(23)27)34-16-24(25)29-38-39-31(47-29)42-17-21-4-5-22(18-42)28(21)37-30(44)40-8-10-41(11-9-40)32(45)46-3/h6-7,12-13,15-16,19,21-22,28H,4-5,8-11,17-18H2,1-3H3,(H,34,36)(H,37,44)/t21-,22+,28?. The van der Waals surface area contributed by atoms with Crippen LogP contribution in [-0.2, 0) is 4.74 Å². The number of piperidine rings is 1. The molecule has 1 unspecified atom stereocenters. The van der Waals surface area contributed by atoms with E-state index in [4.69, 9.17) is 9.72 Å². The number of nitrogens with zero attached hydrogens (tertiary/aromatic N) is 9. The number of hydrogen-bond donors (Lipinski definition) is 2. The number of pyridine rings is 1. The number of nitriles is 1. The second-order valence-corrected chi connectivity index (χ2v) is 13.6. The SMILES string of the molecule is COC(=O)N1CCN(C(=O)NC2[C@@H]3CC[C@H]2CN(c2nnc(-c4cnc(-c5ccc6cc(C#N)cnn56)cc4NC(C)C)s2)C3)CC1. The Bertz CT molecular complexity index is 1830. The van der Waals surface area contributed by atoms with Gasteiger partial charge in [0.15, 0.2) is 5.01 Å². The molecule has 1 aliphatic carbocycles. The van der Waals surface area contributed by atoms with Gasteiger partial charge in [-0.3, -0.25) is 4.98 Å². The molecule has 0 radical (unpaired) electrons. The van der Waals surface area contributed by atoms with Crippen LogP contribution in [0, 0.1) is 23.2 Å². The Morgan fingerprint density at radius 2 is 1.79 bits per heavy atom. The van der Waals surface area contributed by atoms with Crippen LogP contribution in [-0.4, -0.2) is 105 Å². The Morgan fingerprint density at radius 3 is 2.49 bits per heavy atom. The van der Waals surface area contributed by atoms with Gasteiger partial charge in [0, 0.05) is 63.2 Å². The van der Waals surface area contributed by atoms with E-state index in [0.717, 1.165) is 64.2 Å². The number of amides is 3. The van der Waals surface area contributed by atoms with Crippen LogP contribution >= 0.6 is 11.3 Å². The number of urea groups is 1. The number of aromatic nitrogens is 5. The molecule has 0 spiro atoms. The van der Waals surface area contributed by atoms with Crippen LogP contribution in [0.2, 0.25) is 0 Å². The van der Waals surface area contributed by atoms with Crippen molar-refractivity contribution in [2.45, 2.75) is 38.8 Å². The largest absolute Gasteiger partial charge is 0.453 e. The number of carbonyl (C=O) groups is 2. The summed E-state index contributed by atoms with van der Waals surface area (Å²) in [6, 6.07) is 10.1. The van der Waals surface area contributed by atoms with E-state index in [9.17, 15) is 14.9 Å². The van der Waals surface area contributed by atoms with Gasteiger partial charge < -0.3 is 30.1 Å². The fourth-order valence-corrected chi connectivity index (χ4v) is 7.86. The molecule has 7 rings (SSSR count). The van der Waals surface area contributed by atoms with E-state index >= 15 is 0 Å². The van der Waals surface area contributed by atoms with Gasteiger partial charge in [0.25, 0.3) is 0 Å². The minimum absolute atomic E-state index is 0.0555. The average molecular weight is 656 g/mol. The van der Waals surface area contributed by atoms with E-state index in [2.05, 4.69) is 50.7 Å². The highest BCUT2D eigenvalue weighted by Crippen LogP contribution is 2.41. The number of rotatable bonds is 6. The number of piperazine rings is 1. The zero-order chi connectivity index (χ0) is 32.7. The summed E-state index contributed by atoms with van der Waals surface area (Å²) >= 11 is 1.56. The third-order valence-electron chi connectivity index (χ3n) is 9.28. The zero-order valence-electron chi connectivity index (χ0n) is 26.6. The minimum atomic E-state index is -0.351. The van der Waals surface area contributed by atoms with Crippen molar-refractivity contribution in [2.75, 3.05) is 56.6 Å². The van der Waals surface area contributed by atoms with Crippen LogP contribution in [0.25, 0.3) is 27.5 Å². The third kappa shape index (κ3) is 6.00. The first kappa shape index (κ1) is 30.7. The summed E-state index contributed by atoms with van der Waals surface area (Å²) < 4.78 is 6.60. The molecule has 4 aromatic rings. The van der Waals surface area contributed by atoms with E-state index in [1.165, 1.54) is 7.11 Å². The number of methoxy groups -OCH3 is 1. The molecule has 3 fully saturated rings. The number of ether oxygens (including phenoxy) is 1. The Hall–Kier alpha value is -4.97. The van der Waals surface area contributed by atoms with Gasteiger partial charge in [0.2, 0.25) is 5.13 Å². The number of nitrogens with one attached hydrogen (secondary N) is 2. The first-order chi connectivity index (χ1) is 22.8. The van der Waals surface area contributed by atoms with E-state index < -0.39 is 0 Å². The lowest BCUT2D eigenvalue weighted by Crippen LogP contribution is -2.58. The molecule has 3 aliphatic rings. The molecule has 2 bridgehead atoms. The Kier molecular flexibility index (Phi) is 8.27. The summed E-state index contributed by atoms with van der Waals surface area (Å²) in [6.45, 7) is 7.74. The van der Waals surface area contributed by atoms with Gasteiger partial charge in [0.1, 0.15) is 6.07 Å². The fraction of sp³-hybridized carbons (Fsp3) is 0.469. The molecular weight excluding hydrogens is 618 g/mol. The predicted molar refractivity (Wildman–Crippen MR) is 177 cm³/mol. The van der Waals surface area contributed by atoms with Crippen LogP contribution in [0.4, 0.5) is 20.4 Å². The second-order valence-electron chi connectivity index (χ2n) is 12.6. The highest BCUT2D eigenvalue weighted by molar-refractivity contribution is 7.18. The van der Waals surface area contributed by atoms with Gasteiger partial charge in [-0.25, -0.2) is 14.1 Å². The predicted octanol–water partition coefficient (Wildman–Crippen LogP) is 3.92. The van der Waals surface area contributed by atoms with Crippen LogP contribution < -0.4 is 15.5 Å². The minimum Gasteiger partial charge on any atom is -0.453 e. The molecule has 2 saturated heterocycles. The summed E-state index contributed by atoms with van der Waals surface area (Å²) in [6.07, 6.45) is 5.16. The Labute approximate surface area is 276 Å². The molecule has 14 nitrogen and oxygen atoms in total. The van der Waals surface area contributed by atoms with Crippen LogP contribution in [0.1, 0.15) is 32.3 Å². The van der Waals surface area contributed by atoms with Crippen molar-refractivity contribution < 1.29 is 14.3 Å². The average Bonchev–Trinajstić information content (AvgIpc) is 3.79. The molecule has 244 valence electrons. The molecule has 4 aromatic heterocycles. The molecule has 3 amide bonds. The smallest absolute Gasteiger partial charge is 0.409 e. The molecule has 2 aliphatic heterocycles. The lowest BCUT2D eigenvalue weighted by molar-refractivity contribution is 0.0955. The molecule has 6 heterocycles.